The number of ether oxygens (including phenoxy) is 1. The van der Waals surface area contributed by atoms with Crippen LogP contribution >= 0.6 is 0 Å². The molecule has 120 valence electrons. The standard InChI is InChI=1S/C19H22N2O2/c1-4-16-8-10-17(11-9-16)13-20-21-19(22)15(3)23-18-7-5-6-14(2)12-18/h5-13,15H,4H2,1-3H3,(H,21,22)/b20-13-/t15-/m1/s1. The summed E-state index contributed by atoms with van der Waals surface area (Å²) in [5.41, 5.74) is 5.80. The monoisotopic (exact) mass is 310 g/mol. The summed E-state index contributed by atoms with van der Waals surface area (Å²) in [5, 5.41) is 3.97. The summed E-state index contributed by atoms with van der Waals surface area (Å²) in [6.07, 6.45) is 2.01. The van der Waals surface area contributed by atoms with Gasteiger partial charge in [-0.3, -0.25) is 4.79 Å². The van der Waals surface area contributed by atoms with Gasteiger partial charge in [-0.05, 0) is 49.1 Å². The molecule has 0 bridgehead atoms. The van der Waals surface area contributed by atoms with E-state index in [2.05, 4.69) is 17.5 Å². The van der Waals surface area contributed by atoms with E-state index in [0.717, 1.165) is 17.5 Å². The van der Waals surface area contributed by atoms with Crippen molar-refractivity contribution in [1.82, 2.24) is 5.43 Å². The van der Waals surface area contributed by atoms with Gasteiger partial charge in [-0.1, -0.05) is 43.3 Å². The zero-order valence-electron chi connectivity index (χ0n) is 13.7. The summed E-state index contributed by atoms with van der Waals surface area (Å²) in [7, 11) is 0. The molecule has 2 aromatic carbocycles. The lowest BCUT2D eigenvalue weighted by atomic mass is 10.1. The Balaban J connectivity index is 1.86. The zero-order valence-corrected chi connectivity index (χ0v) is 13.7. The minimum absolute atomic E-state index is 0.284. The smallest absolute Gasteiger partial charge is 0.280 e. The second-order valence-electron chi connectivity index (χ2n) is 5.41. The molecule has 0 aliphatic heterocycles. The highest BCUT2D eigenvalue weighted by atomic mass is 16.5. The summed E-state index contributed by atoms with van der Waals surface area (Å²) in [6, 6.07) is 15.6. The fraction of sp³-hybridized carbons (Fsp3) is 0.263. The van der Waals surface area contributed by atoms with Crippen molar-refractivity contribution in [3.63, 3.8) is 0 Å². The summed E-state index contributed by atoms with van der Waals surface area (Å²) >= 11 is 0. The second kappa shape index (κ2) is 8.13. The fourth-order valence-corrected chi connectivity index (χ4v) is 2.05. The van der Waals surface area contributed by atoms with Gasteiger partial charge in [0.25, 0.3) is 5.91 Å². The van der Waals surface area contributed by atoms with Crippen LogP contribution in [-0.2, 0) is 11.2 Å². The van der Waals surface area contributed by atoms with Crippen molar-refractivity contribution >= 4 is 12.1 Å². The van der Waals surface area contributed by atoms with Gasteiger partial charge in [-0.15, -0.1) is 0 Å². The third kappa shape index (κ3) is 5.25. The summed E-state index contributed by atoms with van der Waals surface area (Å²) in [6.45, 7) is 5.79. The molecule has 0 spiro atoms. The number of carbonyl (C=O) groups excluding carboxylic acids is 1. The Bertz CT molecular complexity index is 678. The van der Waals surface area contributed by atoms with Crippen LogP contribution in [0.3, 0.4) is 0 Å². The molecule has 0 aliphatic carbocycles. The van der Waals surface area contributed by atoms with Crippen molar-refractivity contribution in [2.75, 3.05) is 0 Å². The van der Waals surface area contributed by atoms with E-state index in [9.17, 15) is 4.79 Å². The molecule has 0 unspecified atom stereocenters. The molecule has 1 atom stereocenters. The molecule has 0 heterocycles. The van der Waals surface area contributed by atoms with E-state index in [1.54, 1.807) is 13.1 Å². The Morgan fingerprint density at radius 1 is 1.26 bits per heavy atom. The number of hydrogen-bond acceptors (Lipinski definition) is 3. The average molecular weight is 310 g/mol. The molecule has 0 aromatic heterocycles. The van der Waals surface area contributed by atoms with E-state index in [4.69, 9.17) is 4.74 Å². The highest BCUT2D eigenvalue weighted by Crippen LogP contribution is 2.14. The molecule has 0 saturated heterocycles. The van der Waals surface area contributed by atoms with E-state index >= 15 is 0 Å². The van der Waals surface area contributed by atoms with E-state index in [0.29, 0.717) is 5.75 Å². The third-order valence-corrected chi connectivity index (χ3v) is 3.45. The third-order valence-electron chi connectivity index (χ3n) is 3.45. The minimum Gasteiger partial charge on any atom is -0.481 e. The average Bonchev–Trinajstić information content (AvgIpc) is 2.55. The summed E-state index contributed by atoms with van der Waals surface area (Å²) < 4.78 is 5.60. The van der Waals surface area contributed by atoms with Gasteiger partial charge < -0.3 is 4.74 Å². The van der Waals surface area contributed by atoms with Crippen LogP contribution in [0.2, 0.25) is 0 Å². The molecule has 2 aromatic rings. The molecule has 0 fully saturated rings. The van der Waals surface area contributed by atoms with Crippen molar-refractivity contribution in [2.45, 2.75) is 33.3 Å². The molecule has 4 nitrogen and oxygen atoms in total. The van der Waals surface area contributed by atoms with Gasteiger partial charge in [0.15, 0.2) is 6.10 Å². The van der Waals surface area contributed by atoms with Gasteiger partial charge in [0.2, 0.25) is 0 Å². The minimum atomic E-state index is -0.614. The first-order valence-corrected chi connectivity index (χ1v) is 7.73. The molecule has 23 heavy (non-hydrogen) atoms. The first-order chi connectivity index (χ1) is 11.1. The first kappa shape index (κ1) is 16.7. The number of amides is 1. The van der Waals surface area contributed by atoms with E-state index < -0.39 is 6.10 Å². The fourth-order valence-electron chi connectivity index (χ4n) is 2.05. The van der Waals surface area contributed by atoms with Crippen molar-refractivity contribution in [3.05, 3.63) is 65.2 Å². The molecule has 2 rings (SSSR count). The van der Waals surface area contributed by atoms with Crippen LogP contribution in [0.25, 0.3) is 0 Å². The topological polar surface area (TPSA) is 50.7 Å². The zero-order chi connectivity index (χ0) is 16.7. The van der Waals surface area contributed by atoms with Crippen molar-refractivity contribution < 1.29 is 9.53 Å². The quantitative estimate of drug-likeness (QED) is 0.656. The van der Waals surface area contributed by atoms with Crippen LogP contribution in [0.15, 0.2) is 53.6 Å². The van der Waals surface area contributed by atoms with Gasteiger partial charge in [-0.25, -0.2) is 5.43 Å². The number of nitrogens with one attached hydrogen (secondary N) is 1. The molecular formula is C19H22N2O2. The maximum absolute atomic E-state index is 12.0. The van der Waals surface area contributed by atoms with E-state index in [-0.39, 0.29) is 5.91 Å². The Morgan fingerprint density at radius 3 is 2.65 bits per heavy atom. The van der Waals surface area contributed by atoms with Gasteiger partial charge in [-0.2, -0.15) is 5.10 Å². The number of hydrazone groups is 1. The van der Waals surface area contributed by atoms with Crippen molar-refractivity contribution in [3.8, 4) is 5.75 Å². The largest absolute Gasteiger partial charge is 0.481 e. The van der Waals surface area contributed by atoms with Crippen LogP contribution in [0.4, 0.5) is 0 Å². The Morgan fingerprint density at radius 2 is 2.00 bits per heavy atom. The lowest BCUT2D eigenvalue weighted by molar-refractivity contribution is -0.127. The van der Waals surface area contributed by atoms with Crippen LogP contribution in [0.1, 0.15) is 30.5 Å². The van der Waals surface area contributed by atoms with Crippen LogP contribution in [0, 0.1) is 6.92 Å². The predicted molar refractivity (Wildman–Crippen MR) is 92.8 cm³/mol. The highest BCUT2D eigenvalue weighted by molar-refractivity contribution is 5.84. The van der Waals surface area contributed by atoms with Crippen molar-refractivity contribution in [1.29, 1.82) is 0 Å². The Hall–Kier alpha value is -2.62. The molecule has 1 amide bonds. The predicted octanol–water partition coefficient (Wildman–Crippen LogP) is 3.48. The first-order valence-electron chi connectivity index (χ1n) is 7.73. The lowest BCUT2D eigenvalue weighted by Crippen LogP contribution is -2.33. The maximum atomic E-state index is 12.0. The molecule has 1 N–H and O–H groups in total. The van der Waals surface area contributed by atoms with Gasteiger partial charge in [0.05, 0.1) is 6.21 Å². The number of rotatable bonds is 6. The molecule has 0 saturated carbocycles. The summed E-state index contributed by atoms with van der Waals surface area (Å²) in [5.74, 6) is 0.389. The SMILES string of the molecule is CCc1ccc(/C=N\NC(=O)[C@@H](C)Oc2cccc(C)c2)cc1. The second-order valence-corrected chi connectivity index (χ2v) is 5.41. The lowest BCUT2D eigenvalue weighted by Gasteiger charge is -2.13. The van der Waals surface area contributed by atoms with Gasteiger partial charge >= 0.3 is 0 Å². The van der Waals surface area contributed by atoms with Crippen LogP contribution in [0.5, 0.6) is 5.75 Å². The van der Waals surface area contributed by atoms with Gasteiger partial charge in [0, 0.05) is 0 Å². The number of carbonyl (C=O) groups is 1. The number of benzene rings is 2. The van der Waals surface area contributed by atoms with E-state index in [1.165, 1.54) is 5.56 Å². The van der Waals surface area contributed by atoms with Crippen LogP contribution in [-0.4, -0.2) is 18.2 Å². The van der Waals surface area contributed by atoms with E-state index in [1.807, 2.05) is 55.5 Å². The molecular weight excluding hydrogens is 288 g/mol. The van der Waals surface area contributed by atoms with Gasteiger partial charge in [0.1, 0.15) is 5.75 Å². The van der Waals surface area contributed by atoms with Crippen LogP contribution < -0.4 is 10.2 Å². The Kier molecular flexibility index (Phi) is 5.92. The maximum Gasteiger partial charge on any atom is 0.280 e. The van der Waals surface area contributed by atoms with Crippen molar-refractivity contribution in [2.24, 2.45) is 5.10 Å². The number of hydrogen-bond donors (Lipinski definition) is 1. The molecule has 4 heteroatoms. The number of aryl methyl sites for hydroxylation is 2. The summed E-state index contributed by atoms with van der Waals surface area (Å²) in [4.78, 5) is 12.0. The highest BCUT2D eigenvalue weighted by Gasteiger charge is 2.13. The normalized spacial score (nSPS) is 12.1. The molecule has 0 radical (unpaired) electrons. The Labute approximate surface area is 137 Å². The molecule has 0 aliphatic rings. The number of nitrogens with zero attached hydrogens (tertiary/aromatic N) is 1.